The van der Waals surface area contributed by atoms with Gasteiger partial charge in [-0.3, -0.25) is 10.1 Å². The van der Waals surface area contributed by atoms with Crippen LogP contribution in [0.4, 0.5) is 11.5 Å². The van der Waals surface area contributed by atoms with Gasteiger partial charge >= 0.3 is 0 Å². The van der Waals surface area contributed by atoms with Crippen molar-refractivity contribution in [3.8, 4) is 11.4 Å². The van der Waals surface area contributed by atoms with Crippen molar-refractivity contribution in [1.82, 2.24) is 9.97 Å². The summed E-state index contributed by atoms with van der Waals surface area (Å²) in [4.78, 5) is 19.6. The minimum Gasteiger partial charge on any atom is -0.369 e. The highest BCUT2D eigenvalue weighted by Gasteiger charge is 2.19. The number of hydrogen-bond acceptors (Lipinski definition) is 5. The molecule has 0 radical (unpaired) electrons. The van der Waals surface area contributed by atoms with E-state index in [4.69, 9.17) is 0 Å². The zero-order valence-corrected chi connectivity index (χ0v) is 13.3. The lowest BCUT2D eigenvalue weighted by molar-refractivity contribution is -0.384. The largest absolute Gasteiger partial charge is 0.369 e. The number of aromatic nitrogens is 2. The molecular formula is C14H15BrN4O2. The van der Waals surface area contributed by atoms with Gasteiger partial charge in [0.25, 0.3) is 5.69 Å². The summed E-state index contributed by atoms with van der Waals surface area (Å²) in [7, 11) is 0. The van der Waals surface area contributed by atoms with E-state index in [2.05, 4.69) is 31.2 Å². The maximum Gasteiger partial charge on any atom is 0.280 e. The molecule has 0 spiro atoms. The Labute approximate surface area is 130 Å². The molecule has 0 atom stereocenters. The molecule has 0 saturated carbocycles. The summed E-state index contributed by atoms with van der Waals surface area (Å²) in [5.41, 5.74) is 1.24. The molecule has 0 saturated heterocycles. The van der Waals surface area contributed by atoms with Crippen LogP contribution in [0.5, 0.6) is 0 Å². The molecular weight excluding hydrogens is 336 g/mol. The number of aryl methyl sites for hydroxylation is 1. The monoisotopic (exact) mass is 350 g/mol. The van der Waals surface area contributed by atoms with Crippen LogP contribution in [0.1, 0.15) is 19.5 Å². The molecule has 0 bridgehead atoms. The summed E-state index contributed by atoms with van der Waals surface area (Å²) < 4.78 is 0.800. The van der Waals surface area contributed by atoms with Gasteiger partial charge in [0.1, 0.15) is 5.82 Å². The Bertz CT molecular complexity index is 676. The third kappa shape index (κ3) is 3.18. The lowest BCUT2D eigenvalue weighted by Crippen LogP contribution is -2.06. The third-order valence-corrected chi connectivity index (χ3v) is 3.77. The second-order valence-electron chi connectivity index (χ2n) is 4.31. The van der Waals surface area contributed by atoms with Crippen LogP contribution in [0.15, 0.2) is 28.7 Å². The van der Waals surface area contributed by atoms with Gasteiger partial charge < -0.3 is 5.32 Å². The van der Waals surface area contributed by atoms with E-state index >= 15 is 0 Å². The molecule has 0 unspecified atom stereocenters. The molecule has 2 rings (SSSR count). The van der Waals surface area contributed by atoms with Gasteiger partial charge in [-0.15, -0.1) is 0 Å². The molecule has 0 amide bonds. The lowest BCUT2D eigenvalue weighted by atomic mass is 10.1. The van der Waals surface area contributed by atoms with Crippen molar-refractivity contribution < 1.29 is 4.92 Å². The predicted molar refractivity (Wildman–Crippen MR) is 85.4 cm³/mol. The number of benzene rings is 1. The van der Waals surface area contributed by atoms with Gasteiger partial charge in [0.05, 0.1) is 20.7 Å². The minimum atomic E-state index is -0.417. The van der Waals surface area contributed by atoms with Crippen molar-refractivity contribution in [2.24, 2.45) is 0 Å². The van der Waals surface area contributed by atoms with E-state index in [1.807, 2.05) is 13.8 Å². The zero-order valence-electron chi connectivity index (χ0n) is 11.8. The number of hydrogen-bond donors (Lipinski definition) is 1. The molecule has 7 heteroatoms. The quantitative estimate of drug-likeness (QED) is 0.654. The summed E-state index contributed by atoms with van der Waals surface area (Å²) in [5.74, 6) is 1.01. The highest BCUT2D eigenvalue weighted by atomic mass is 79.9. The Hall–Kier alpha value is -2.02. The molecule has 6 nitrogen and oxygen atoms in total. The fourth-order valence-corrected chi connectivity index (χ4v) is 2.55. The zero-order chi connectivity index (χ0) is 15.4. The topological polar surface area (TPSA) is 81.0 Å². The number of para-hydroxylation sites is 1. The molecule has 0 aliphatic rings. The second-order valence-corrected chi connectivity index (χ2v) is 5.11. The third-order valence-electron chi connectivity index (χ3n) is 2.94. The van der Waals surface area contributed by atoms with E-state index in [-0.39, 0.29) is 5.69 Å². The van der Waals surface area contributed by atoms with Crippen molar-refractivity contribution in [2.45, 2.75) is 20.3 Å². The van der Waals surface area contributed by atoms with Crippen molar-refractivity contribution in [2.75, 3.05) is 11.9 Å². The smallest absolute Gasteiger partial charge is 0.280 e. The van der Waals surface area contributed by atoms with E-state index in [0.717, 1.165) is 10.2 Å². The van der Waals surface area contributed by atoms with Crippen LogP contribution in [0, 0.1) is 10.1 Å². The van der Waals surface area contributed by atoms with Gasteiger partial charge in [-0.25, -0.2) is 9.97 Å². The maximum absolute atomic E-state index is 11.2. The number of nitro groups is 1. The summed E-state index contributed by atoms with van der Waals surface area (Å²) in [6, 6.07) is 6.49. The van der Waals surface area contributed by atoms with Gasteiger partial charge in [-0.05, 0) is 35.3 Å². The minimum absolute atomic E-state index is 0.00400. The SMILES string of the molecule is CCNc1nc(-c2ccccc2[N+](=O)[O-])nc(CC)c1Br. The number of nitro benzene ring substituents is 1. The van der Waals surface area contributed by atoms with E-state index in [9.17, 15) is 10.1 Å². The summed E-state index contributed by atoms with van der Waals surface area (Å²) in [5, 5.41) is 14.3. The molecule has 0 fully saturated rings. The van der Waals surface area contributed by atoms with Crippen molar-refractivity contribution in [3.63, 3.8) is 0 Å². The average molecular weight is 351 g/mol. The summed E-state index contributed by atoms with van der Waals surface area (Å²) in [6.45, 7) is 4.64. The van der Waals surface area contributed by atoms with Crippen LogP contribution in [0.25, 0.3) is 11.4 Å². The summed E-state index contributed by atoms with van der Waals surface area (Å²) >= 11 is 3.48. The Kier molecular flexibility index (Phi) is 4.85. The Morgan fingerprint density at radius 1 is 1.29 bits per heavy atom. The fourth-order valence-electron chi connectivity index (χ4n) is 1.95. The molecule has 1 heterocycles. The summed E-state index contributed by atoms with van der Waals surface area (Å²) in [6.07, 6.45) is 0.704. The van der Waals surface area contributed by atoms with Gasteiger partial charge in [-0.2, -0.15) is 0 Å². The first kappa shape index (κ1) is 15.4. The molecule has 0 aliphatic carbocycles. The fraction of sp³-hybridized carbons (Fsp3) is 0.286. The van der Waals surface area contributed by atoms with Gasteiger partial charge in [-0.1, -0.05) is 19.1 Å². The van der Waals surface area contributed by atoms with Gasteiger partial charge in [0.2, 0.25) is 0 Å². The Balaban J connectivity index is 2.64. The number of anilines is 1. The first-order chi connectivity index (χ1) is 10.1. The average Bonchev–Trinajstić information content (AvgIpc) is 2.49. The standard InChI is InChI=1S/C14H15BrN4O2/c1-3-10-12(15)14(16-4-2)18-13(17-10)9-7-5-6-8-11(9)19(20)21/h5-8H,3-4H2,1-2H3,(H,16,17,18). The first-order valence-electron chi connectivity index (χ1n) is 6.62. The van der Waals surface area contributed by atoms with Crippen LogP contribution in [0.3, 0.4) is 0 Å². The van der Waals surface area contributed by atoms with E-state index < -0.39 is 4.92 Å². The maximum atomic E-state index is 11.2. The van der Waals surface area contributed by atoms with Crippen LogP contribution in [0.2, 0.25) is 0 Å². The predicted octanol–water partition coefficient (Wildman–Crippen LogP) is 3.81. The van der Waals surface area contributed by atoms with Crippen molar-refractivity contribution >= 4 is 27.4 Å². The van der Waals surface area contributed by atoms with E-state index in [1.165, 1.54) is 6.07 Å². The molecule has 2 aromatic rings. The van der Waals surface area contributed by atoms with Crippen molar-refractivity contribution in [1.29, 1.82) is 0 Å². The van der Waals surface area contributed by atoms with Crippen LogP contribution >= 0.6 is 15.9 Å². The highest BCUT2D eigenvalue weighted by molar-refractivity contribution is 9.10. The van der Waals surface area contributed by atoms with Gasteiger partial charge in [0.15, 0.2) is 5.82 Å². The molecule has 1 N–H and O–H groups in total. The number of halogens is 1. The van der Waals surface area contributed by atoms with Gasteiger partial charge in [0, 0.05) is 12.6 Å². The molecule has 110 valence electrons. The number of rotatable bonds is 5. The Morgan fingerprint density at radius 3 is 2.62 bits per heavy atom. The first-order valence-corrected chi connectivity index (χ1v) is 7.41. The molecule has 21 heavy (non-hydrogen) atoms. The van der Waals surface area contributed by atoms with Crippen molar-refractivity contribution in [3.05, 3.63) is 44.5 Å². The van der Waals surface area contributed by atoms with Crippen LogP contribution in [-0.2, 0) is 6.42 Å². The second kappa shape index (κ2) is 6.62. The highest BCUT2D eigenvalue weighted by Crippen LogP contribution is 2.31. The lowest BCUT2D eigenvalue weighted by Gasteiger charge is -2.11. The Morgan fingerprint density at radius 2 is 2.00 bits per heavy atom. The van der Waals surface area contributed by atoms with Crippen LogP contribution in [-0.4, -0.2) is 21.4 Å². The van der Waals surface area contributed by atoms with E-state index in [0.29, 0.717) is 30.2 Å². The molecule has 0 aliphatic heterocycles. The molecule has 1 aromatic heterocycles. The van der Waals surface area contributed by atoms with E-state index in [1.54, 1.807) is 18.2 Å². The number of nitrogens with one attached hydrogen (secondary N) is 1. The van der Waals surface area contributed by atoms with Crippen LogP contribution < -0.4 is 5.32 Å². The number of nitrogens with zero attached hydrogens (tertiary/aromatic N) is 3. The molecule has 1 aromatic carbocycles. The normalized spacial score (nSPS) is 10.4.